The van der Waals surface area contributed by atoms with Crippen molar-refractivity contribution in [3.63, 3.8) is 0 Å². The molecule has 0 N–H and O–H groups in total. The molecule has 0 aliphatic heterocycles. The molecule has 0 amide bonds. The average Bonchev–Trinajstić information content (AvgIpc) is 3.40. The van der Waals surface area contributed by atoms with Crippen LogP contribution in [0.2, 0.25) is 0 Å². The molecule has 2 aromatic heterocycles. The summed E-state index contributed by atoms with van der Waals surface area (Å²) in [6.45, 7) is 13.8. The van der Waals surface area contributed by atoms with Crippen LogP contribution in [0.3, 0.4) is 0 Å². The van der Waals surface area contributed by atoms with Crippen LogP contribution in [-0.2, 0) is 10.8 Å². The molecule has 1 unspecified atom stereocenters. The van der Waals surface area contributed by atoms with E-state index in [1.54, 1.807) is 11.3 Å². The minimum Gasteiger partial charge on any atom is -0.241 e. The third-order valence-corrected chi connectivity index (χ3v) is 9.78. The van der Waals surface area contributed by atoms with Gasteiger partial charge in [0.15, 0.2) is 0 Å². The van der Waals surface area contributed by atoms with Crippen molar-refractivity contribution in [3.8, 4) is 10.6 Å². The van der Waals surface area contributed by atoms with E-state index >= 15 is 0 Å². The summed E-state index contributed by atoms with van der Waals surface area (Å²) in [5, 5.41) is 2.37. The molecule has 4 aromatic rings. The van der Waals surface area contributed by atoms with Gasteiger partial charge in [0, 0.05) is 11.0 Å². The molecular formula is C27H34N2S2. The molecule has 0 fully saturated rings. The summed E-state index contributed by atoms with van der Waals surface area (Å²) in [6, 6.07) is 13.6. The monoisotopic (exact) mass is 450 g/mol. The van der Waals surface area contributed by atoms with Crippen LogP contribution < -0.4 is 0 Å². The fourth-order valence-corrected chi connectivity index (χ4v) is 6.60. The number of aromatic nitrogens is 2. The summed E-state index contributed by atoms with van der Waals surface area (Å²) >= 11 is 3.63. The van der Waals surface area contributed by atoms with E-state index in [-0.39, 0.29) is 10.8 Å². The van der Waals surface area contributed by atoms with E-state index in [9.17, 15) is 0 Å². The Kier molecular flexibility index (Phi) is 6.24. The zero-order valence-corrected chi connectivity index (χ0v) is 21.3. The third kappa shape index (κ3) is 4.05. The number of benzene rings is 2. The second-order valence-corrected chi connectivity index (χ2v) is 11.4. The minimum atomic E-state index is 0.178. The Bertz CT molecular complexity index is 1130. The molecule has 0 radical (unpaired) electrons. The summed E-state index contributed by atoms with van der Waals surface area (Å²) in [7, 11) is 0. The van der Waals surface area contributed by atoms with E-state index in [1.807, 2.05) is 11.3 Å². The number of hydrogen-bond donors (Lipinski definition) is 0. The predicted molar refractivity (Wildman–Crippen MR) is 139 cm³/mol. The Balaban J connectivity index is 1.69. The largest absolute Gasteiger partial charge is 0.241 e. The van der Waals surface area contributed by atoms with Crippen molar-refractivity contribution < 1.29 is 0 Å². The highest BCUT2D eigenvalue weighted by atomic mass is 32.1. The maximum absolute atomic E-state index is 5.06. The molecule has 2 aromatic carbocycles. The van der Waals surface area contributed by atoms with Gasteiger partial charge in [-0.1, -0.05) is 72.2 Å². The zero-order chi connectivity index (χ0) is 22.2. The molecule has 2 heterocycles. The van der Waals surface area contributed by atoms with Crippen LogP contribution in [0.15, 0.2) is 36.4 Å². The molecule has 0 aliphatic rings. The summed E-state index contributed by atoms with van der Waals surface area (Å²) in [5.74, 6) is 0. The van der Waals surface area contributed by atoms with Crippen LogP contribution in [-0.4, -0.2) is 9.97 Å². The van der Waals surface area contributed by atoms with Crippen LogP contribution in [0.1, 0.15) is 84.2 Å². The first-order valence-corrected chi connectivity index (χ1v) is 13.3. The van der Waals surface area contributed by atoms with E-state index in [2.05, 4.69) is 77.9 Å². The fraction of sp³-hybridized carbons (Fsp3) is 0.481. The second-order valence-electron chi connectivity index (χ2n) is 9.34. The van der Waals surface area contributed by atoms with E-state index < -0.39 is 0 Å². The van der Waals surface area contributed by atoms with Gasteiger partial charge < -0.3 is 0 Å². The first kappa shape index (κ1) is 22.4. The molecule has 4 heteroatoms. The number of fused-ring (bicyclic) bond motifs is 2. The molecule has 0 spiro atoms. The summed E-state index contributed by atoms with van der Waals surface area (Å²) < 4.78 is 2.48. The molecule has 0 saturated heterocycles. The van der Waals surface area contributed by atoms with E-state index in [0.717, 1.165) is 35.3 Å². The quantitative estimate of drug-likeness (QED) is 0.267. The summed E-state index contributed by atoms with van der Waals surface area (Å²) in [4.78, 5) is 10.1. The Morgan fingerprint density at radius 2 is 1.32 bits per heavy atom. The van der Waals surface area contributed by atoms with Crippen LogP contribution >= 0.6 is 22.7 Å². The molecule has 1 atom stereocenters. The highest BCUT2D eigenvalue weighted by molar-refractivity contribution is 7.22. The summed E-state index contributed by atoms with van der Waals surface area (Å²) in [5.41, 5.74) is 5.27. The normalized spacial score (nSPS) is 14.4. The van der Waals surface area contributed by atoms with Gasteiger partial charge in [-0.25, -0.2) is 9.97 Å². The highest BCUT2D eigenvalue weighted by Crippen LogP contribution is 2.40. The van der Waals surface area contributed by atoms with Gasteiger partial charge in [0.25, 0.3) is 0 Å². The Morgan fingerprint density at radius 3 is 1.90 bits per heavy atom. The van der Waals surface area contributed by atoms with Crippen molar-refractivity contribution in [1.29, 1.82) is 0 Å². The van der Waals surface area contributed by atoms with Crippen molar-refractivity contribution in [2.45, 2.75) is 84.5 Å². The molecule has 4 rings (SSSR count). The Morgan fingerprint density at radius 1 is 0.742 bits per heavy atom. The first-order chi connectivity index (χ1) is 14.9. The van der Waals surface area contributed by atoms with Gasteiger partial charge >= 0.3 is 0 Å². The van der Waals surface area contributed by atoms with E-state index in [4.69, 9.17) is 9.97 Å². The lowest BCUT2D eigenvalue weighted by molar-refractivity contribution is 0.412. The number of hydrogen-bond acceptors (Lipinski definition) is 4. The minimum absolute atomic E-state index is 0.178. The van der Waals surface area contributed by atoms with Crippen LogP contribution in [0, 0.1) is 0 Å². The lowest BCUT2D eigenvalue weighted by Crippen LogP contribution is -2.20. The highest BCUT2D eigenvalue weighted by Gasteiger charge is 2.28. The molecule has 0 saturated carbocycles. The summed E-state index contributed by atoms with van der Waals surface area (Å²) in [6.07, 6.45) is 5.82. The predicted octanol–water partition coefficient (Wildman–Crippen LogP) is 9.12. The van der Waals surface area contributed by atoms with Crippen LogP contribution in [0.25, 0.3) is 31.0 Å². The second kappa shape index (κ2) is 8.63. The molecule has 2 nitrogen and oxygen atoms in total. The molecular weight excluding hydrogens is 416 g/mol. The number of rotatable bonds is 8. The van der Waals surface area contributed by atoms with E-state index in [1.165, 1.54) is 38.4 Å². The number of nitrogens with zero attached hydrogens (tertiary/aromatic N) is 2. The van der Waals surface area contributed by atoms with Crippen molar-refractivity contribution in [2.24, 2.45) is 0 Å². The molecule has 31 heavy (non-hydrogen) atoms. The Labute approximate surface area is 194 Å². The third-order valence-electron chi connectivity index (χ3n) is 7.39. The number of thiazole rings is 2. The SMILES string of the molecule is CCCC(C)(CC)c1nc2cc3sc(-c4ccc(C(C)(CC)CC)cc4)nc3cc2s1. The van der Waals surface area contributed by atoms with Crippen molar-refractivity contribution in [3.05, 3.63) is 47.0 Å². The van der Waals surface area contributed by atoms with Crippen molar-refractivity contribution >= 4 is 43.1 Å². The van der Waals surface area contributed by atoms with Gasteiger partial charge in [-0.05, 0) is 48.8 Å². The van der Waals surface area contributed by atoms with Crippen molar-refractivity contribution in [2.75, 3.05) is 0 Å². The van der Waals surface area contributed by atoms with Gasteiger partial charge in [0.2, 0.25) is 0 Å². The lowest BCUT2D eigenvalue weighted by atomic mass is 9.78. The van der Waals surface area contributed by atoms with Gasteiger partial charge in [0.1, 0.15) is 5.01 Å². The first-order valence-electron chi connectivity index (χ1n) is 11.7. The standard InChI is InChI=1S/C27H34N2S2/c1-7-15-27(6,10-4)25-29-21-17-22-20(16-23(21)31-25)28-24(30-22)18-11-13-19(14-12-18)26(5,8-2)9-3/h11-14,16-17H,7-10,15H2,1-6H3. The van der Waals surface area contributed by atoms with Gasteiger partial charge in [-0.2, -0.15) is 0 Å². The fourth-order valence-electron chi connectivity index (χ4n) is 4.39. The Hall–Kier alpha value is -1.78. The zero-order valence-electron chi connectivity index (χ0n) is 19.7. The molecule has 0 bridgehead atoms. The maximum atomic E-state index is 5.06. The molecule has 0 aliphatic carbocycles. The topological polar surface area (TPSA) is 25.8 Å². The smallest absolute Gasteiger partial charge is 0.124 e. The van der Waals surface area contributed by atoms with Crippen molar-refractivity contribution in [1.82, 2.24) is 9.97 Å². The van der Waals surface area contributed by atoms with E-state index in [0.29, 0.717) is 0 Å². The van der Waals surface area contributed by atoms with Gasteiger partial charge in [-0.15, -0.1) is 22.7 Å². The van der Waals surface area contributed by atoms with Crippen LogP contribution in [0.4, 0.5) is 0 Å². The van der Waals surface area contributed by atoms with Gasteiger partial charge in [-0.3, -0.25) is 0 Å². The lowest BCUT2D eigenvalue weighted by Gasteiger charge is -2.27. The molecule has 164 valence electrons. The maximum Gasteiger partial charge on any atom is 0.124 e. The van der Waals surface area contributed by atoms with Crippen LogP contribution in [0.5, 0.6) is 0 Å². The average molecular weight is 451 g/mol. The van der Waals surface area contributed by atoms with Gasteiger partial charge in [0.05, 0.1) is 25.4 Å².